The quantitative estimate of drug-likeness (QED) is 0.494. The van der Waals surface area contributed by atoms with Gasteiger partial charge < -0.3 is 25.8 Å². The fourth-order valence-electron chi connectivity index (χ4n) is 1.90. The lowest BCUT2D eigenvalue weighted by Gasteiger charge is -2.32. The zero-order chi connectivity index (χ0) is 13.9. The molecule has 0 unspecified atom stereocenters. The summed E-state index contributed by atoms with van der Waals surface area (Å²) in [4.78, 5) is 2.17. The van der Waals surface area contributed by atoms with Crippen molar-refractivity contribution in [2.45, 2.75) is 19.8 Å². The van der Waals surface area contributed by atoms with Crippen LogP contribution in [-0.4, -0.2) is 65.1 Å². The highest BCUT2D eigenvalue weighted by molar-refractivity contribution is 4.76. The van der Waals surface area contributed by atoms with Crippen LogP contribution in [0.15, 0.2) is 0 Å². The first kappa shape index (κ1) is 17.8. The van der Waals surface area contributed by atoms with Crippen molar-refractivity contribution in [1.82, 2.24) is 4.90 Å². The van der Waals surface area contributed by atoms with Crippen LogP contribution in [-0.2, 0) is 9.47 Å². The Morgan fingerprint density at radius 3 is 1.72 bits per heavy atom. The molecule has 0 atom stereocenters. The van der Waals surface area contributed by atoms with Gasteiger partial charge in [-0.2, -0.15) is 0 Å². The summed E-state index contributed by atoms with van der Waals surface area (Å²) >= 11 is 0. The van der Waals surface area contributed by atoms with E-state index in [1.54, 1.807) is 0 Å². The summed E-state index contributed by atoms with van der Waals surface area (Å²) in [6, 6.07) is 0. The van der Waals surface area contributed by atoms with Crippen molar-refractivity contribution in [2.75, 3.05) is 60.2 Å². The Hall–Kier alpha value is -0.200. The van der Waals surface area contributed by atoms with Crippen LogP contribution in [0.2, 0.25) is 0 Å². The van der Waals surface area contributed by atoms with Crippen molar-refractivity contribution in [3.05, 3.63) is 0 Å². The molecular weight excluding hydrogens is 230 g/mol. The van der Waals surface area contributed by atoms with Gasteiger partial charge in [0.25, 0.3) is 0 Å². The molecule has 110 valence electrons. The van der Waals surface area contributed by atoms with Gasteiger partial charge in [0.15, 0.2) is 0 Å². The van der Waals surface area contributed by atoms with Gasteiger partial charge in [0.2, 0.25) is 0 Å². The number of nitrogens with zero attached hydrogens (tertiary/aromatic N) is 1. The van der Waals surface area contributed by atoms with E-state index in [0.29, 0.717) is 26.3 Å². The Balaban J connectivity index is 3.99. The standard InChI is InChI=1S/C13H31N3O2/c1-13(10-16(2)3,11-17-8-4-6-14)12-18-9-5-7-15/h4-12,14-15H2,1-3H3. The second kappa shape index (κ2) is 10.7. The van der Waals surface area contributed by atoms with Gasteiger partial charge in [-0.1, -0.05) is 6.92 Å². The van der Waals surface area contributed by atoms with Gasteiger partial charge >= 0.3 is 0 Å². The van der Waals surface area contributed by atoms with Gasteiger partial charge in [-0.05, 0) is 40.0 Å². The van der Waals surface area contributed by atoms with E-state index in [4.69, 9.17) is 20.9 Å². The van der Waals surface area contributed by atoms with Crippen molar-refractivity contribution in [2.24, 2.45) is 16.9 Å². The van der Waals surface area contributed by atoms with Crippen LogP contribution in [0.5, 0.6) is 0 Å². The molecule has 0 heterocycles. The fourth-order valence-corrected chi connectivity index (χ4v) is 1.90. The topological polar surface area (TPSA) is 73.7 Å². The molecule has 0 spiro atoms. The minimum Gasteiger partial charge on any atom is -0.381 e. The second-order valence-corrected chi connectivity index (χ2v) is 5.44. The first-order valence-corrected chi connectivity index (χ1v) is 6.74. The van der Waals surface area contributed by atoms with E-state index in [2.05, 4.69) is 25.9 Å². The number of nitrogens with two attached hydrogens (primary N) is 2. The maximum absolute atomic E-state index is 5.69. The van der Waals surface area contributed by atoms with Crippen molar-refractivity contribution >= 4 is 0 Å². The lowest BCUT2D eigenvalue weighted by molar-refractivity contribution is -0.0246. The molecule has 5 heteroatoms. The fraction of sp³-hybridized carbons (Fsp3) is 1.00. The summed E-state index contributed by atoms with van der Waals surface area (Å²) in [6.45, 7) is 7.34. The van der Waals surface area contributed by atoms with Crippen LogP contribution < -0.4 is 11.5 Å². The average Bonchev–Trinajstić information content (AvgIpc) is 2.30. The van der Waals surface area contributed by atoms with Gasteiger partial charge in [0.1, 0.15) is 0 Å². The molecule has 0 aromatic heterocycles. The van der Waals surface area contributed by atoms with E-state index < -0.39 is 0 Å². The summed E-state index contributed by atoms with van der Waals surface area (Å²) in [5.41, 5.74) is 10.9. The first-order valence-electron chi connectivity index (χ1n) is 6.74. The largest absolute Gasteiger partial charge is 0.381 e. The van der Waals surface area contributed by atoms with Gasteiger partial charge in [-0.15, -0.1) is 0 Å². The van der Waals surface area contributed by atoms with E-state index in [0.717, 1.165) is 32.6 Å². The SMILES string of the molecule is CN(C)CC(C)(COCCCN)COCCCN. The van der Waals surface area contributed by atoms with E-state index >= 15 is 0 Å². The third-order valence-electron chi connectivity index (χ3n) is 2.58. The Kier molecular flexibility index (Phi) is 10.6. The molecule has 0 radical (unpaired) electrons. The van der Waals surface area contributed by atoms with Crippen LogP contribution in [0.25, 0.3) is 0 Å². The Morgan fingerprint density at radius 1 is 0.944 bits per heavy atom. The highest BCUT2D eigenvalue weighted by Gasteiger charge is 2.26. The molecule has 0 aliphatic heterocycles. The second-order valence-electron chi connectivity index (χ2n) is 5.44. The first-order chi connectivity index (χ1) is 8.54. The molecule has 0 aromatic carbocycles. The van der Waals surface area contributed by atoms with Gasteiger partial charge in [-0.3, -0.25) is 0 Å². The molecule has 0 fully saturated rings. The van der Waals surface area contributed by atoms with Gasteiger partial charge in [-0.25, -0.2) is 0 Å². The zero-order valence-electron chi connectivity index (χ0n) is 12.3. The molecule has 18 heavy (non-hydrogen) atoms. The van der Waals surface area contributed by atoms with E-state index in [-0.39, 0.29) is 5.41 Å². The highest BCUT2D eigenvalue weighted by atomic mass is 16.5. The summed E-state index contributed by atoms with van der Waals surface area (Å²) in [7, 11) is 4.13. The lowest BCUT2D eigenvalue weighted by Crippen LogP contribution is -2.39. The van der Waals surface area contributed by atoms with Crippen molar-refractivity contribution < 1.29 is 9.47 Å². The van der Waals surface area contributed by atoms with Crippen LogP contribution >= 0.6 is 0 Å². The smallest absolute Gasteiger partial charge is 0.0554 e. The van der Waals surface area contributed by atoms with Gasteiger partial charge in [0.05, 0.1) is 13.2 Å². The average molecular weight is 261 g/mol. The molecule has 0 rings (SSSR count). The third-order valence-corrected chi connectivity index (χ3v) is 2.58. The summed E-state index contributed by atoms with van der Waals surface area (Å²) < 4.78 is 11.4. The highest BCUT2D eigenvalue weighted by Crippen LogP contribution is 2.18. The summed E-state index contributed by atoms with van der Waals surface area (Å²) in [6.07, 6.45) is 1.82. The van der Waals surface area contributed by atoms with E-state index in [1.165, 1.54) is 0 Å². The molecule has 0 amide bonds. The molecule has 0 saturated heterocycles. The molecule has 4 N–H and O–H groups in total. The molecule has 0 aromatic rings. The Morgan fingerprint density at radius 2 is 1.39 bits per heavy atom. The third kappa shape index (κ3) is 9.79. The summed E-state index contributed by atoms with van der Waals surface area (Å²) in [5, 5.41) is 0. The maximum Gasteiger partial charge on any atom is 0.0554 e. The normalized spacial score (nSPS) is 12.3. The lowest BCUT2D eigenvalue weighted by atomic mass is 9.92. The van der Waals surface area contributed by atoms with Crippen molar-refractivity contribution in [1.29, 1.82) is 0 Å². The van der Waals surface area contributed by atoms with Crippen LogP contribution in [0.1, 0.15) is 19.8 Å². The van der Waals surface area contributed by atoms with E-state index in [1.807, 2.05) is 0 Å². The summed E-state index contributed by atoms with van der Waals surface area (Å²) in [5.74, 6) is 0. The molecular formula is C13H31N3O2. The van der Waals surface area contributed by atoms with Crippen LogP contribution in [0.3, 0.4) is 0 Å². The molecule has 0 saturated carbocycles. The number of hydrogen-bond donors (Lipinski definition) is 2. The number of hydrogen-bond acceptors (Lipinski definition) is 5. The Bertz CT molecular complexity index is 177. The van der Waals surface area contributed by atoms with E-state index in [9.17, 15) is 0 Å². The van der Waals surface area contributed by atoms with Crippen molar-refractivity contribution in [3.8, 4) is 0 Å². The monoisotopic (exact) mass is 261 g/mol. The van der Waals surface area contributed by atoms with Crippen LogP contribution in [0, 0.1) is 5.41 Å². The molecule has 5 nitrogen and oxygen atoms in total. The zero-order valence-corrected chi connectivity index (χ0v) is 12.3. The maximum atomic E-state index is 5.69. The Labute approximate surface area is 112 Å². The number of rotatable bonds is 12. The molecule has 0 aliphatic rings. The molecule has 0 aliphatic carbocycles. The minimum atomic E-state index is 0.0205. The van der Waals surface area contributed by atoms with Crippen molar-refractivity contribution in [3.63, 3.8) is 0 Å². The predicted molar refractivity (Wildman–Crippen MR) is 75.6 cm³/mol. The van der Waals surface area contributed by atoms with Gasteiger partial charge in [0, 0.05) is 25.2 Å². The molecule has 0 bridgehead atoms. The minimum absolute atomic E-state index is 0.0205. The number of ether oxygens (including phenoxy) is 2. The predicted octanol–water partition coefficient (Wildman–Crippen LogP) is 0.285. The van der Waals surface area contributed by atoms with Crippen LogP contribution in [0.4, 0.5) is 0 Å².